The van der Waals surface area contributed by atoms with Crippen LogP contribution in [0.2, 0.25) is 0 Å². The molecule has 0 radical (unpaired) electrons. The van der Waals surface area contributed by atoms with Crippen LogP contribution in [-0.4, -0.2) is 58.3 Å². The van der Waals surface area contributed by atoms with Crippen LogP contribution in [0.25, 0.3) is 0 Å². The van der Waals surface area contributed by atoms with Gasteiger partial charge in [-0.2, -0.15) is 10.0 Å². The van der Waals surface area contributed by atoms with E-state index < -0.39 is 44.7 Å². The molecule has 2 aliphatic carbocycles. The molecule has 3 aliphatic heterocycles. The van der Waals surface area contributed by atoms with E-state index in [1.165, 1.54) is 5.01 Å². The first kappa shape index (κ1) is 23.1. The maximum atomic E-state index is 14.3. The molecule has 6 atom stereocenters. The Balaban J connectivity index is 1.32. The van der Waals surface area contributed by atoms with E-state index in [9.17, 15) is 22.8 Å². The smallest absolute Gasteiger partial charge is 0.272 e. The number of benzene rings is 2. The number of hydrazine groups is 1. The van der Waals surface area contributed by atoms with Gasteiger partial charge in [0.1, 0.15) is 6.04 Å². The van der Waals surface area contributed by atoms with Crippen molar-refractivity contribution in [2.75, 3.05) is 5.75 Å². The molecule has 1 unspecified atom stereocenters. The number of imide groups is 1. The van der Waals surface area contributed by atoms with Gasteiger partial charge in [-0.25, -0.2) is 12.7 Å². The van der Waals surface area contributed by atoms with Crippen LogP contribution in [0.4, 0.5) is 0 Å². The van der Waals surface area contributed by atoms with Gasteiger partial charge in [-0.3, -0.25) is 14.4 Å². The molecule has 3 amide bonds. The summed E-state index contributed by atoms with van der Waals surface area (Å²) in [6.07, 6.45) is 2.44. The highest BCUT2D eigenvalue weighted by atomic mass is 32.2. The van der Waals surface area contributed by atoms with Gasteiger partial charge >= 0.3 is 0 Å². The van der Waals surface area contributed by atoms with Crippen molar-refractivity contribution < 1.29 is 22.8 Å². The van der Waals surface area contributed by atoms with Gasteiger partial charge in [0, 0.05) is 5.41 Å². The molecular weight excluding hydrogens is 490 g/mol. The largest absolute Gasteiger partial charge is 0.276 e. The highest BCUT2D eigenvalue weighted by Crippen LogP contribution is 2.70. The molecule has 5 aliphatic rings. The SMILES string of the molecule is CC1(C)[C@@H]2CC[C@]13CS(=O)(=O)N(C(=O)[C@H]1N(N4C(=O)c5ccccc5C4=O)[C@]1(C)c1ccccc1)[C@@H]3C2. The van der Waals surface area contributed by atoms with Gasteiger partial charge in [-0.15, -0.1) is 0 Å². The number of fused-ring (bicyclic) bond motifs is 2. The van der Waals surface area contributed by atoms with Crippen LogP contribution in [-0.2, 0) is 20.4 Å². The minimum Gasteiger partial charge on any atom is -0.272 e. The third-order valence-electron chi connectivity index (χ3n) is 10.4. The number of nitrogens with zero attached hydrogens (tertiary/aromatic N) is 3. The number of hydrogen-bond acceptors (Lipinski definition) is 6. The third-order valence-corrected chi connectivity index (χ3v) is 12.3. The van der Waals surface area contributed by atoms with E-state index >= 15 is 0 Å². The highest BCUT2D eigenvalue weighted by Gasteiger charge is 2.76. The molecule has 4 fully saturated rings. The van der Waals surface area contributed by atoms with Crippen molar-refractivity contribution in [1.29, 1.82) is 0 Å². The Hall–Kier alpha value is -3.04. The molecule has 2 bridgehead atoms. The fourth-order valence-electron chi connectivity index (χ4n) is 8.18. The molecular formula is C28H29N3O5S. The van der Waals surface area contributed by atoms with Gasteiger partial charge in [-0.05, 0) is 55.2 Å². The van der Waals surface area contributed by atoms with Gasteiger partial charge < -0.3 is 0 Å². The molecule has 37 heavy (non-hydrogen) atoms. The van der Waals surface area contributed by atoms with Gasteiger partial charge in [-0.1, -0.05) is 56.3 Å². The minimum absolute atomic E-state index is 0.0261. The fraction of sp³-hybridized carbons (Fsp3) is 0.464. The summed E-state index contributed by atoms with van der Waals surface area (Å²) in [5.74, 6) is -1.20. The van der Waals surface area contributed by atoms with Crippen molar-refractivity contribution in [2.24, 2.45) is 16.7 Å². The molecule has 2 saturated carbocycles. The van der Waals surface area contributed by atoms with Crippen molar-refractivity contribution in [3.05, 3.63) is 71.3 Å². The summed E-state index contributed by atoms with van der Waals surface area (Å²) < 4.78 is 28.4. The fourth-order valence-corrected chi connectivity index (χ4v) is 10.7. The van der Waals surface area contributed by atoms with Crippen molar-refractivity contribution in [3.8, 4) is 0 Å². The molecule has 2 aromatic rings. The second kappa shape index (κ2) is 6.88. The number of amides is 3. The van der Waals surface area contributed by atoms with E-state index in [0.717, 1.165) is 27.7 Å². The lowest BCUT2D eigenvalue weighted by Gasteiger charge is -2.37. The number of carbonyl (C=O) groups excluding carboxylic acids is 3. The predicted molar refractivity (Wildman–Crippen MR) is 134 cm³/mol. The lowest BCUT2D eigenvalue weighted by Crippen LogP contribution is -2.47. The third kappa shape index (κ3) is 2.57. The number of carbonyl (C=O) groups is 3. The van der Waals surface area contributed by atoms with Crippen LogP contribution < -0.4 is 0 Å². The van der Waals surface area contributed by atoms with Gasteiger partial charge in [0.05, 0.1) is 28.5 Å². The van der Waals surface area contributed by atoms with E-state index in [1.807, 2.05) is 30.3 Å². The Labute approximate surface area is 216 Å². The molecule has 0 N–H and O–H groups in total. The number of hydrogen-bond donors (Lipinski definition) is 0. The lowest BCUT2D eigenvalue weighted by atomic mass is 9.69. The zero-order valence-corrected chi connectivity index (χ0v) is 21.9. The first-order valence-electron chi connectivity index (χ1n) is 12.9. The maximum Gasteiger partial charge on any atom is 0.276 e. The maximum absolute atomic E-state index is 14.3. The Bertz CT molecular complexity index is 1470. The zero-order chi connectivity index (χ0) is 26.1. The summed E-state index contributed by atoms with van der Waals surface area (Å²) in [5, 5.41) is 2.54. The molecule has 192 valence electrons. The predicted octanol–water partition coefficient (Wildman–Crippen LogP) is 3.16. The highest BCUT2D eigenvalue weighted by molar-refractivity contribution is 7.90. The normalized spacial score (nSPS) is 38.1. The van der Waals surface area contributed by atoms with E-state index in [0.29, 0.717) is 12.3 Å². The van der Waals surface area contributed by atoms with E-state index in [-0.39, 0.29) is 28.3 Å². The van der Waals surface area contributed by atoms with Crippen molar-refractivity contribution in [2.45, 2.75) is 57.7 Å². The van der Waals surface area contributed by atoms with Gasteiger partial charge in [0.15, 0.2) is 0 Å². The van der Waals surface area contributed by atoms with Crippen LogP contribution in [0, 0.1) is 16.7 Å². The topological polar surface area (TPSA) is 94.8 Å². The molecule has 9 heteroatoms. The van der Waals surface area contributed by atoms with E-state index in [2.05, 4.69) is 13.8 Å². The van der Waals surface area contributed by atoms with Crippen LogP contribution >= 0.6 is 0 Å². The average Bonchev–Trinajstić information content (AvgIpc) is 3.01. The van der Waals surface area contributed by atoms with E-state index in [1.54, 1.807) is 31.2 Å². The minimum atomic E-state index is -3.86. The molecule has 3 heterocycles. The first-order valence-corrected chi connectivity index (χ1v) is 14.5. The molecule has 2 saturated heterocycles. The number of rotatable bonds is 3. The monoisotopic (exact) mass is 519 g/mol. The van der Waals surface area contributed by atoms with Crippen molar-refractivity contribution >= 4 is 27.7 Å². The summed E-state index contributed by atoms with van der Waals surface area (Å²) in [6, 6.07) is 14.4. The average molecular weight is 520 g/mol. The van der Waals surface area contributed by atoms with Crippen LogP contribution in [0.3, 0.4) is 0 Å². The Morgan fingerprint density at radius 3 is 2.11 bits per heavy atom. The van der Waals surface area contributed by atoms with Gasteiger partial charge in [0.25, 0.3) is 17.7 Å². The lowest BCUT2D eigenvalue weighted by molar-refractivity contribution is -0.130. The van der Waals surface area contributed by atoms with E-state index in [4.69, 9.17) is 0 Å². The second-order valence-electron chi connectivity index (χ2n) is 12.0. The first-order chi connectivity index (χ1) is 17.5. The Kier molecular flexibility index (Phi) is 4.30. The van der Waals surface area contributed by atoms with Crippen molar-refractivity contribution in [3.63, 3.8) is 0 Å². The quantitative estimate of drug-likeness (QED) is 0.457. The van der Waals surface area contributed by atoms with Crippen molar-refractivity contribution in [1.82, 2.24) is 14.3 Å². The zero-order valence-electron chi connectivity index (χ0n) is 21.0. The van der Waals surface area contributed by atoms with Crippen LogP contribution in [0.15, 0.2) is 54.6 Å². The molecule has 0 aromatic heterocycles. The summed E-state index contributed by atoms with van der Waals surface area (Å²) in [6.45, 7) is 6.09. The molecule has 2 aromatic carbocycles. The van der Waals surface area contributed by atoms with Gasteiger partial charge in [0.2, 0.25) is 10.0 Å². The number of sulfonamides is 1. The standard InChI is InChI=1S/C28H29N3O5S/c1-26(2)18-13-14-28(26)16-37(35,36)30(21(28)15-18)25(34)22-27(3,17-9-5-4-6-10-17)31(22)29-23(32)19-11-7-8-12-20(19)24(29)33/h4-12,18,21-22H,13-16H2,1-3H3/t18-,21-,22-,27-,28-,31?/m1/s1. The van der Waals surface area contributed by atoms with Crippen LogP contribution in [0.5, 0.6) is 0 Å². The molecule has 8 nitrogen and oxygen atoms in total. The Morgan fingerprint density at radius 2 is 1.51 bits per heavy atom. The summed E-state index contributed by atoms with van der Waals surface area (Å²) in [5.41, 5.74) is -0.375. The Morgan fingerprint density at radius 1 is 0.919 bits per heavy atom. The molecule has 1 spiro atoms. The summed E-state index contributed by atoms with van der Waals surface area (Å²) >= 11 is 0. The molecule has 7 rings (SSSR count). The second-order valence-corrected chi connectivity index (χ2v) is 13.8. The summed E-state index contributed by atoms with van der Waals surface area (Å²) in [4.78, 5) is 41.2. The summed E-state index contributed by atoms with van der Waals surface area (Å²) in [7, 11) is -3.86. The van der Waals surface area contributed by atoms with Crippen LogP contribution in [0.1, 0.15) is 66.3 Å².